The maximum absolute atomic E-state index is 14.2. The Labute approximate surface area is 243 Å². The highest BCUT2D eigenvalue weighted by atomic mass is 35.5. The molecule has 3 heterocycles. The lowest BCUT2D eigenvalue weighted by Crippen LogP contribution is -2.50. The fraction of sp³-hybridized carbons (Fsp3) is 0.281. The van der Waals surface area contributed by atoms with Gasteiger partial charge in [0.1, 0.15) is 11.5 Å². The van der Waals surface area contributed by atoms with Crippen molar-refractivity contribution in [1.82, 2.24) is 14.7 Å². The van der Waals surface area contributed by atoms with E-state index in [0.717, 1.165) is 22.4 Å². The molecule has 6 nitrogen and oxygen atoms in total. The molecule has 2 aliphatic heterocycles. The third-order valence-corrected chi connectivity index (χ3v) is 9.09. The zero-order valence-corrected chi connectivity index (χ0v) is 23.6. The minimum Gasteiger partial charge on any atom is -0.380 e. The number of amides is 1. The SMILES string of the molecule is CC1=Nc2ccnn2C(c2ccc(Cl)c(Cl)c2)C1C(=O)N1CCC(C(O)(c2ccccc2)c2ccccc2)CC1. The number of hydrogen-bond acceptors (Lipinski definition) is 4. The molecule has 2 unspecified atom stereocenters. The first kappa shape index (κ1) is 26.8. The molecule has 0 radical (unpaired) electrons. The van der Waals surface area contributed by atoms with E-state index in [4.69, 9.17) is 28.2 Å². The Morgan fingerprint density at radius 3 is 2.12 bits per heavy atom. The molecule has 1 aromatic heterocycles. The van der Waals surface area contributed by atoms with Crippen LogP contribution in [-0.4, -0.2) is 44.5 Å². The Morgan fingerprint density at radius 2 is 1.52 bits per heavy atom. The molecule has 8 heteroatoms. The number of carbonyl (C=O) groups is 1. The van der Waals surface area contributed by atoms with Gasteiger partial charge in [0.05, 0.1) is 22.3 Å². The molecule has 0 saturated carbocycles. The van der Waals surface area contributed by atoms with E-state index in [9.17, 15) is 9.90 Å². The first-order chi connectivity index (χ1) is 19.4. The van der Waals surface area contributed by atoms with Gasteiger partial charge in [0.2, 0.25) is 5.91 Å². The number of nitrogens with zero attached hydrogens (tertiary/aromatic N) is 4. The molecule has 40 heavy (non-hydrogen) atoms. The standard InChI is InChI=1S/C32H30Cl2N4O2/c1-21-29(30(38-28(36-21)14-17-35-38)22-12-13-26(33)27(34)20-22)31(39)37-18-15-25(16-19-37)32(40,23-8-4-2-5-9-23)24-10-6-3-7-11-24/h2-14,17,20,25,29-30,40H,15-16,18-19H2,1H3. The number of hydrogen-bond donors (Lipinski definition) is 1. The highest BCUT2D eigenvalue weighted by molar-refractivity contribution is 6.42. The normalized spacial score (nSPS) is 19.7. The summed E-state index contributed by atoms with van der Waals surface area (Å²) in [5, 5.41) is 17.7. The van der Waals surface area contributed by atoms with Crippen LogP contribution in [0.4, 0.5) is 5.82 Å². The quantitative estimate of drug-likeness (QED) is 0.290. The maximum Gasteiger partial charge on any atom is 0.233 e. The molecule has 2 atom stereocenters. The zero-order chi connectivity index (χ0) is 27.9. The second kappa shape index (κ2) is 10.8. The van der Waals surface area contributed by atoms with Gasteiger partial charge in [0, 0.05) is 24.9 Å². The third kappa shape index (κ3) is 4.64. The summed E-state index contributed by atoms with van der Waals surface area (Å²) in [6.45, 7) is 2.98. The Bertz CT molecular complexity index is 1510. The number of likely N-dealkylation sites (tertiary alicyclic amines) is 1. The average Bonchev–Trinajstić information content (AvgIpc) is 3.46. The monoisotopic (exact) mass is 572 g/mol. The van der Waals surface area contributed by atoms with Gasteiger partial charge >= 0.3 is 0 Å². The second-order valence-corrected chi connectivity index (χ2v) is 11.4. The van der Waals surface area contributed by atoms with Crippen molar-refractivity contribution in [1.29, 1.82) is 0 Å². The van der Waals surface area contributed by atoms with Crippen LogP contribution in [0.15, 0.2) is 96.1 Å². The van der Waals surface area contributed by atoms with Crippen molar-refractivity contribution in [2.24, 2.45) is 16.8 Å². The minimum absolute atomic E-state index is 0.000107. The Morgan fingerprint density at radius 1 is 0.900 bits per heavy atom. The van der Waals surface area contributed by atoms with E-state index in [0.29, 0.717) is 41.8 Å². The van der Waals surface area contributed by atoms with E-state index in [1.807, 2.05) is 90.7 Å². The highest BCUT2D eigenvalue weighted by Gasteiger charge is 2.45. The number of halogens is 2. The van der Waals surface area contributed by atoms with Crippen molar-refractivity contribution in [3.05, 3.63) is 118 Å². The van der Waals surface area contributed by atoms with E-state index in [-0.39, 0.29) is 11.8 Å². The molecule has 0 spiro atoms. The Balaban J connectivity index is 1.28. The molecule has 1 N–H and O–H groups in total. The van der Waals surface area contributed by atoms with E-state index in [1.54, 1.807) is 16.9 Å². The lowest BCUT2D eigenvalue weighted by atomic mass is 9.72. The Hall–Kier alpha value is -3.45. The van der Waals surface area contributed by atoms with Gasteiger partial charge in [-0.3, -0.25) is 4.79 Å². The molecular formula is C32H30Cl2N4O2. The van der Waals surface area contributed by atoms with Crippen LogP contribution in [-0.2, 0) is 10.4 Å². The van der Waals surface area contributed by atoms with Crippen molar-refractivity contribution in [2.45, 2.75) is 31.4 Å². The summed E-state index contributed by atoms with van der Waals surface area (Å²) in [5.41, 5.74) is 2.18. The molecule has 6 rings (SSSR count). The van der Waals surface area contributed by atoms with Crippen LogP contribution < -0.4 is 0 Å². The van der Waals surface area contributed by atoms with Crippen molar-refractivity contribution < 1.29 is 9.90 Å². The minimum atomic E-state index is -1.15. The molecule has 3 aromatic carbocycles. The predicted octanol–water partition coefficient (Wildman–Crippen LogP) is 6.68. The summed E-state index contributed by atoms with van der Waals surface area (Å²) in [7, 11) is 0. The molecule has 1 amide bonds. The summed E-state index contributed by atoms with van der Waals surface area (Å²) >= 11 is 12.6. The number of benzene rings is 3. The summed E-state index contributed by atoms with van der Waals surface area (Å²) in [6, 6.07) is 26.6. The maximum atomic E-state index is 14.2. The number of fused-ring (bicyclic) bond motifs is 1. The van der Waals surface area contributed by atoms with Crippen LogP contribution in [0.25, 0.3) is 0 Å². The van der Waals surface area contributed by atoms with Crippen molar-refractivity contribution in [3.8, 4) is 0 Å². The van der Waals surface area contributed by atoms with Crippen LogP contribution >= 0.6 is 23.2 Å². The van der Waals surface area contributed by atoms with Crippen LogP contribution in [0.3, 0.4) is 0 Å². The van der Waals surface area contributed by atoms with E-state index in [2.05, 4.69) is 5.10 Å². The first-order valence-corrected chi connectivity index (χ1v) is 14.3. The molecule has 1 saturated heterocycles. The zero-order valence-electron chi connectivity index (χ0n) is 22.1. The van der Waals surface area contributed by atoms with Crippen LogP contribution in [0.1, 0.15) is 42.5 Å². The van der Waals surface area contributed by atoms with E-state index >= 15 is 0 Å². The van der Waals surface area contributed by atoms with E-state index in [1.165, 1.54) is 0 Å². The largest absolute Gasteiger partial charge is 0.380 e. The van der Waals surface area contributed by atoms with Gasteiger partial charge in [-0.2, -0.15) is 5.10 Å². The summed E-state index contributed by atoms with van der Waals surface area (Å²) in [6.07, 6.45) is 3.03. The molecule has 1 fully saturated rings. The van der Waals surface area contributed by atoms with Gasteiger partial charge in [-0.1, -0.05) is 89.9 Å². The Kier molecular flexibility index (Phi) is 7.26. The molecule has 0 bridgehead atoms. The van der Waals surface area contributed by atoms with Crippen molar-refractivity contribution >= 4 is 40.6 Å². The molecular weight excluding hydrogens is 543 g/mol. The second-order valence-electron chi connectivity index (χ2n) is 10.6. The number of aromatic nitrogens is 2. The predicted molar refractivity (Wildman–Crippen MR) is 158 cm³/mol. The van der Waals surface area contributed by atoms with Gasteiger partial charge in [0.15, 0.2) is 5.82 Å². The van der Waals surface area contributed by atoms with Gasteiger partial charge in [-0.25, -0.2) is 9.67 Å². The lowest BCUT2D eigenvalue weighted by Gasteiger charge is -2.43. The van der Waals surface area contributed by atoms with Gasteiger partial charge in [-0.05, 0) is 54.5 Å². The fourth-order valence-corrected chi connectivity index (χ4v) is 6.62. The van der Waals surface area contributed by atoms with Gasteiger partial charge in [-0.15, -0.1) is 0 Å². The number of rotatable bonds is 5. The van der Waals surface area contributed by atoms with Crippen LogP contribution in [0, 0.1) is 11.8 Å². The molecule has 0 aliphatic carbocycles. The number of aliphatic imine (C=N–C) groups is 1. The smallest absolute Gasteiger partial charge is 0.233 e. The van der Waals surface area contributed by atoms with Gasteiger partial charge < -0.3 is 10.0 Å². The number of carbonyl (C=O) groups excluding carboxylic acids is 1. The summed E-state index contributed by atoms with van der Waals surface area (Å²) in [4.78, 5) is 20.8. The fourth-order valence-electron chi connectivity index (χ4n) is 6.31. The first-order valence-electron chi connectivity index (χ1n) is 13.5. The highest BCUT2D eigenvalue weighted by Crippen LogP contribution is 2.43. The van der Waals surface area contributed by atoms with Crippen molar-refractivity contribution in [2.75, 3.05) is 13.1 Å². The van der Waals surface area contributed by atoms with Gasteiger partial charge in [0.25, 0.3) is 0 Å². The molecule has 204 valence electrons. The average molecular weight is 574 g/mol. The van der Waals surface area contributed by atoms with Crippen LogP contribution in [0.2, 0.25) is 10.0 Å². The van der Waals surface area contributed by atoms with E-state index < -0.39 is 17.6 Å². The summed E-state index contributed by atoms with van der Waals surface area (Å²) < 4.78 is 1.80. The van der Waals surface area contributed by atoms with Crippen LogP contribution in [0.5, 0.6) is 0 Å². The lowest BCUT2D eigenvalue weighted by molar-refractivity contribution is -0.137. The molecule has 4 aromatic rings. The third-order valence-electron chi connectivity index (χ3n) is 8.35. The van der Waals surface area contributed by atoms with Crippen molar-refractivity contribution in [3.63, 3.8) is 0 Å². The number of piperidine rings is 1. The summed E-state index contributed by atoms with van der Waals surface area (Å²) in [5.74, 6) is 0.112. The molecule has 2 aliphatic rings. The number of aliphatic hydroxyl groups is 1. The topological polar surface area (TPSA) is 70.7 Å².